The molecule has 0 radical (unpaired) electrons. The van der Waals surface area contributed by atoms with Crippen molar-refractivity contribution in [2.75, 3.05) is 4.90 Å². The zero-order valence-electron chi connectivity index (χ0n) is 28.9. The summed E-state index contributed by atoms with van der Waals surface area (Å²) in [5, 5.41) is 4.54. The van der Waals surface area contributed by atoms with Crippen LogP contribution in [0.1, 0.15) is 0 Å². The van der Waals surface area contributed by atoms with Crippen LogP contribution in [0.4, 0.5) is 17.1 Å². The Hall–Kier alpha value is -6.95. The van der Waals surface area contributed by atoms with Gasteiger partial charge in [0.2, 0.25) is 5.89 Å². The standard InChI is InChI=1S/C49H30N2O2S/c1-3-10-31(11-4-1)32-18-23-36(24-19-32)51(41-16-9-15-39-38-14-7-8-17-45(38)54-48(39)41)37-25-20-33(21-26-37)35-22-27-42-40(30-35)46-43(52-42)28-29-44-47(46)50-49(53-44)34-12-5-2-6-13-34/h1-30H. The Balaban J connectivity index is 1.02. The van der Waals surface area contributed by atoms with Gasteiger partial charge in [0, 0.05) is 37.8 Å². The summed E-state index contributed by atoms with van der Waals surface area (Å²) >= 11 is 1.85. The number of fused-ring (bicyclic) bond motifs is 8. The van der Waals surface area contributed by atoms with E-state index in [1.165, 1.54) is 31.3 Å². The van der Waals surface area contributed by atoms with Crippen LogP contribution in [-0.4, -0.2) is 4.98 Å². The zero-order chi connectivity index (χ0) is 35.6. The van der Waals surface area contributed by atoms with Gasteiger partial charge in [-0.3, -0.25) is 0 Å². The fourth-order valence-corrected chi connectivity index (χ4v) is 8.92. The van der Waals surface area contributed by atoms with Gasteiger partial charge in [0.25, 0.3) is 0 Å². The Morgan fingerprint density at radius 1 is 0.426 bits per heavy atom. The fourth-order valence-electron chi connectivity index (χ4n) is 7.71. The molecule has 0 aliphatic heterocycles. The molecule has 254 valence electrons. The molecule has 54 heavy (non-hydrogen) atoms. The molecule has 0 amide bonds. The predicted molar refractivity (Wildman–Crippen MR) is 225 cm³/mol. The second-order valence-electron chi connectivity index (χ2n) is 13.5. The maximum absolute atomic E-state index is 6.32. The highest BCUT2D eigenvalue weighted by atomic mass is 32.1. The van der Waals surface area contributed by atoms with E-state index in [-0.39, 0.29) is 0 Å². The number of benzene rings is 8. The van der Waals surface area contributed by atoms with Crippen molar-refractivity contribution in [3.8, 4) is 33.7 Å². The summed E-state index contributed by atoms with van der Waals surface area (Å²) in [6.07, 6.45) is 0. The lowest BCUT2D eigenvalue weighted by molar-refractivity contribution is 0.619. The number of rotatable bonds is 6. The fraction of sp³-hybridized carbons (Fsp3) is 0. The summed E-state index contributed by atoms with van der Waals surface area (Å²) in [5.41, 5.74) is 12.1. The molecular formula is C49H30N2O2S. The highest BCUT2D eigenvalue weighted by Crippen LogP contribution is 2.45. The summed E-state index contributed by atoms with van der Waals surface area (Å²) in [5.74, 6) is 0.602. The van der Waals surface area contributed by atoms with Gasteiger partial charge in [0.15, 0.2) is 5.58 Å². The van der Waals surface area contributed by atoms with Crippen LogP contribution < -0.4 is 4.90 Å². The Morgan fingerprint density at radius 2 is 1.02 bits per heavy atom. The van der Waals surface area contributed by atoms with E-state index in [0.29, 0.717) is 5.89 Å². The number of furan rings is 1. The number of anilines is 3. The van der Waals surface area contributed by atoms with Crippen LogP contribution in [0.25, 0.3) is 86.9 Å². The third-order valence-corrected chi connectivity index (χ3v) is 11.5. The lowest BCUT2D eigenvalue weighted by Crippen LogP contribution is -2.10. The quantitative estimate of drug-likeness (QED) is 0.172. The summed E-state index contributed by atoms with van der Waals surface area (Å²) < 4.78 is 15.1. The number of hydrogen-bond donors (Lipinski definition) is 0. The molecule has 4 nitrogen and oxygen atoms in total. The average molecular weight is 711 g/mol. The molecule has 0 bridgehead atoms. The maximum Gasteiger partial charge on any atom is 0.227 e. The van der Waals surface area contributed by atoms with Gasteiger partial charge in [-0.05, 0) is 95.1 Å². The number of nitrogens with zero attached hydrogens (tertiary/aromatic N) is 2. The van der Waals surface area contributed by atoms with Crippen molar-refractivity contribution >= 4 is 81.6 Å². The summed E-state index contributed by atoms with van der Waals surface area (Å²) in [4.78, 5) is 7.33. The Morgan fingerprint density at radius 3 is 1.78 bits per heavy atom. The first-order chi connectivity index (χ1) is 26.7. The van der Waals surface area contributed by atoms with E-state index in [0.717, 1.165) is 66.8 Å². The van der Waals surface area contributed by atoms with Crippen LogP contribution >= 0.6 is 11.3 Å². The topological polar surface area (TPSA) is 42.4 Å². The summed E-state index contributed by atoms with van der Waals surface area (Å²) in [6.45, 7) is 0. The third-order valence-electron chi connectivity index (χ3n) is 10.3. The van der Waals surface area contributed by atoms with Crippen molar-refractivity contribution in [3.63, 3.8) is 0 Å². The number of oxazole rings is 1. The molecule has 0 saturated carbocycles. The highest BCUT2D eigenvalue weighted by molar-refractivity contribution is 7.26. The normalized spacial score (nSPS) is 11.7. The van der Waals surface area contributed by atoms with Crippen molar-refractivity contribution in [2.45, 2.75) is 0 Å². The van der Waals surface area contributed by atoms with Gasteiger partial charge in [-0.25, -0.2) is 4.98 Å². The minimum Gasteiger partial charge on any atom is -0.456 e. The van der Waals surface area contributed by atoms with Gasteiger partial charge < -0.3 is 13.7 Å². The van der Waals surface area contributed by atoms with Crippen molar-refractivity contribution in [1.29, 1.82) is 0 Å². The molecule has 0 N–H and O–H groups in total. The Labute approximate surface area is 314 Å². The van der Waals surface area contributed by atoms with Crippen LogP contribution in [0.3, 0.4) is 0 Å². The molecule has 3 aromatic heterocycles. The molecule has 3 heterocycles. The maximum atomic E-state index is 6.32. The van der Waals surface area contributed by atoms with E-state index in [4.69, 9.17) is 13.8 Å². The molecule has 0 unspecified atom stereocenters. The van der Waals surface area contributed by atoms with E-state index >= 15 is 0 Å². The molecule has 0 atom stereocenters. The van der Waals surface area contributed by atoms with Crippen LogP contribution in [0, 0.1) is 0 Å². The second-order valence-corrected chi connectivity index (χ2v) is 14.6. The number of thiophene rings is 1. The van der Waals surface area contributed by atoms with Crippen LogP contribution in [0.2, 0.25) is 0 Å². The summed E-state index contributed by atoms with van der Waals surface area (Å²) in [7, 11) is 0. The van der Waals surface area contributed by atoms with E-state index < -0.39 is 0 Å². The molecule has 0 fully saturated rings. The van der Waals surface area contributed by atoms with Gasteiger partial charge in [0.05, 0.1) is 15.8 Å². The molecule has 5 heteroatoms. The van der Waals surface area contributed by atoms with Gasteiger partial charge in [-0.15, -0.1) is 11.3 Å². The largest absolute Gasteiger partial charge is 0.456 e. The number of hydrogen-bond acceptors (Lipinski definition) is 5. The average Bonchev–Trinajstić information content (AvgIpc) is 3.96. The Kier molecular flexibility index (Phi) is 7.00. The van der Waals surface area contributed by atoms with Gasteiger partial charge >= 0.3 is 0 Å². The summed E-state index contributed by atoms with van der Waals surface area (Å²) in [6, 6.07) is 64.0. The van der Waals surface area contributed by atoms with Crippen molar-refractivity contribution in [2.24, 2.45) is 0 Å². The molecule has 0 aliphatic rings. The second kappa shape index (κ2) is 12.3. The van der Waals surface area contributed by atoms with Crippen molar-refractivity contribution < 1.29 is 8.83 Å². The Bertz CT molecular complexity index is 3140. The molecule has 0 saturated heterocycles. The lowest BCUT2D eigenvalue weighted by Gasteiger charge is -2.26. The smallest absolute Gasteiger partial charge is 0.227 e. The molecular weight excluding hydrogens is 681 g/mol. The van der Waals surface area contributed by atoms with Crippen LogP contribution in [0.15, 0.2) is 191 Å². The van der Waals surface area contributed by atoms with Gasteiger partial charge in [-0.1, -0.05) is 109 Å². The first kappa shape index (κ1) is 30.7. The highest BCUT2D eigenvalue weighted by Gasteiger charge is 2.20. The van der Waals surface area contributed by atoms with Gasteiger partial charge in [0.1, 0.15) is 16.7 Å². The number of aromatic nitrogens is 1. The SMILES string of the molecule is c1ccc(-c2ccc(N(c3ccc(-c4ccc5oc6ccc7oc(-c8ccccc8)nc7c6c5c4)cc3)c3cccc4c3sc3ccccc34)cc2)cc1. The first-order valence-electron chi connectivity index (χ1n) is 18.0. The van der Waals surface area contributed by atoms with Crippen molar-refractivity contribution in [1.82, 2.24) is 4.98 Å². The lowest BCUT2D eigenvalue weighted by atomic mass is 10.0. The molecule has 0 spiro atoms. The van der Waals surface area contributed by atoms with Crippen LogP contribution in [-0.2, 0) is 0 Å². The monoisotopic (exact) mass is 710 g/mol. The zero-order valence-corrected chi connectivity index (χ0v) is 29.8. The molecule has 8 aromatic carbocycles. The van der Waals surface area contributed by atoms with Crippen LogP contribution in [0.5, 0.6) is 0 Å². The van der Waals surface area contributed by atoms with E-state index in [2.05, 4.69) is 144 Å². The van der Waals surface area contributed by atoms with E-state index in [9.17, 15) is 0 Å². The van der Waals surface area contributed by atoms with E-state index in [1.54, 1.807) is 0 Å². The van der Waals surface area contributed by atoms with E-state index in [1.807, 2.05) is 53.8 Å². The predicted octanol–water partition coefficient (Wildman–Crippen LogP) is 14.6. The first-order valence-corrected chi connectivity index (χ1v) is 18.8. The minimum absolute atomic E-state index is 0.602. The van der Waals surface area contributed by atoms with Gasteiger partial charge in [-0.2, -0.15) is 0 Å². The molecule has 11 aromatic rings. The molecule has 11 rings (SSSR count). The third kappa shape index (κ3) is 5.01. The minimum atomic E-state index is 0.602. The van der Waals surface area contributed by atoms with Crippen molar-refractivity contribution in [3.05, 3.63) is 182 Å². The molecule has 0 aliphatic carbocycles.